The van der Waals surface area contributed by atoms with Crippen LogP contribution in [0.15, 0.2) is 24.3 Å². The summed E-state index contributed by atoms with van der Waals surface area (Å²) in [5.41, 5.74) is 6.50. The number of piperazine rings is 1. The van der Waals surface area contributed by atoms with Gasteiger partial charge in [0.15, 0.2) is 0 Å². The number of phenols is 1. The first-order chi connectivity index (χ1) is 9.19. The van der Waals surface area contributed by atoms with E-state index in [1.807, 2.05) is 17.0 Å². The maximum atomic E-state index is 11.7. The molecule has 0 saturated carbocycles. The Balaban J connectivity index is 0.00000200. The van der Waals surface area contributed by atoms with E-state index < -0.39 is 0 Å². The van der Waals surface area contributed by atoms with Crippen molar-refractivity contribution in [1.82, 2.24) is 9.80 Å². The summed E-state index contributed by atoms with van der Waals surface area (Å²) >= 11 is 0. The number of amides is 1. The van der Waals surface area contributed by atoms with Crippen LogP contribution < -0.4 is 5.73 Å². The number of carbonyl (C=O) groups is 1. The quantitative estimate of drug-likeness (QED) is 0.868. The molecule has 21 heavy (non-hydrogen) atoms. The largest absolute Gasteiger partial charge is 0.508 e. The average Bonchev–Trinajstić information content (AvgIpc) is 2.40. The van der Waals surface area contributed by atoms with Gasteiger partial charge >= 0.3 is 0 Å². The average molecular weight is 336 g/mol. The molecule has 0 spiro atoms. The fraction of sp³-hybridized carbons (Fsp3) is 0.500. The molecule has 0 aliphatic carbocycles. The number of nitrogens with two attached hydrogens (primary N) is 1. The van der Waals surface area contributed by atoms with E-state index in [2.05, 4.69) is 4.90 Å². The first-order valence-electron chi connectivity index (χ1n) is 6.67. The summed E-state index contributed by atoms with van der Waals surface area (Å²) in [7, 11) is 0. The molecule has 1 amide bonds. The van der Waals surface area contributed by atoms with Gasteiger partial charge in [-0.3, -0.25) is 9.69 Å². The minimum Gasteiger partial charge on any atom is -0.508 e. The van der Waals surface area contributed by atoms with Crippen molar-refractivity contribution in [3.8, 4) is 5.75 Å². The Labute approximate surface area is 137 Å². The molecule has 5 nitrogen and oxygen atoms in total. The third-order valence-electron chi connectivity index (χ3n) is 3.40. The smallest absolute Gasteiger partial charge is 0.223 e. The van der Waals surface area contributed by atoms with Gasteiger partial charge in [-0.25, -0.2) is 0 Å². The van der Waals surface area contributed by atoms with Crippen LogP contribution in [0.5, 0.6) is 5.75 Å². The molecule has 3 N–H and O–H groups in total. The van der Waals surface area contributed by atoms with Crippen molar-refractivity contribution in [3.05, 3.63) is 29.8 Å². The molecule has 0 radical (unpaired) electrons. The zero-order valence-corrected chi connectivity index (χ0v) is 13.5. The fourth-order valence-corrected chi connectivity index (χ4v) is 2.35. The predicted octanol–water partition coefficient (Wildman–Crippen LogP) is 1.23. The molecule has 120 valence electrons. The van der Waals surface area contributed by atoms with E-state index in [9.17, 15) is 9.90 Å². The predicted molar refractivity (Wildman–Crippen MR) is 88.1 cm³/mol. The molecule has 2 rings (SSSR count). The van der Waals surface area contributed by atoms with Crippen molar-refractivity contribution in [2.24, 2.45) is 5.73 Å². The van der Waals surface area contributed by atoms with Crippen LogP contribution in [-0.4, -0.2) is 53.5 Å². The van der Waals surface area contributed by atoms with Gasteiger partial charge < -0.3 is 15.7 Å². The third-order valence-corrected chi connectivity index (χ3v) is 3.40. The van der Waals surface area contributed by atoms with E-state index in [0.29, 0.717) is 18.7 Å². The zero-order valence-electron chi connectivity index (χ0n) is 11.9. The van der Waals surface area contributed by atoms with Crippen LogP contribution in [-0.2, 0) is 11.3 Å². The first kappa shape index (κ1) is 20.0. The second-order valence-corrected chi connectivity index (χ2v) is 4.87. The van der Waals surface area contributed by atoms with Crippen molar-refractivity contribution >= 4 is 30.7 Å². The first-order valence-corrected chi connectivity index (χ1v) is 6.67. The summed E-state index contributed by atoms with van der Waals surface area (Å²) < 4.78 is 0. The van der Waals surface area contributed by atoms with Crippen molar-refractivity contribution < 1.29 is 9.90 Å². The number of rotatable bonds is 4. The van der Waals surface area contributed by atoms with E-state index in [1.54, 1.807) is 12.1 Å². The van der Waals surface area contributed by atoms with Crippen molar-refractivity contribution in [3.63, 3.8) is 0 Å². The normalized spacial score (nSPS) is 15.0. The molecule has 1 aliphatic rings. The minimum absolute atomic E-state index is 0. The summed E-state index contributed by atoms with van der Waals surface area (Å²) in [6.45, 7) is 4.49. The van der Waals surface area contributed by atoms with Gasteiger partial charge in [0.2, 0.25) is 5.91 Å². The van der Waals surface area contributed by atoms with Gasteiger partial charge in [0.25, 0.3) is 0 Å². The van der Waals surface area contributed by atoms with E-state index in [1.165, 1.54) is 0 Å². The van der Waals surface area contributed by atoms with Gasteiger partial charge in [0.05, 0.1) is 0 Å². The topological polar surface area (TPSA) is 69.8 Å². The number of aromatic hydroxyl groups is 1. The van der Waals surface area contributed by atoms with Crippen LogP contribution in [0.3, 0.4) is 0 Å². The molecular formula is C14H23Cl2N3O2. The molecule has 1 fully saturated rings. The number of nitrogens with zero attached hydrogens (tertiary/aromatic N) is 2. The van der Waals surface area contributed by atoms with E-state index >= 15 is 0 Å². The summed E-state index contributed by atoms with van der Waals surface area (Å²) in [5.74, 6) is 0.453. The van der Waals surface area contributed by atoms with Crippen LogP contribution >= 0.6 is 24.8 Å². The zero-order chi connectivity index (χ0) is 13.7. The summed E-state index contributed by atoms with van der Waals surface area (Å²) in [4.78, 5) is 15.9. The Bertz CT molecular complexity index is 438. The SMILES string of the molecule is Cl.Cl.NCCC(=O)N1CCN(Cc2cccc(O)c2)CC1. The lowest BCUT2D eigenvalue weighted by atomic mass is 10.2. The second kappa shape index (κ2) is 9.84. The molecule has 0 unspecified atom stereocenters. The molecule has 0 atom stereocenters. The van der Waals surface area contributed by atoms with E-state index in [0.717, 1.165) is 38.3 Å². The number of halogens is 2. The highest BCUT2D eigenvalue weighted by Gasteiger charge is 2.20. The Morgan fingerprint density at radius 1 is 1.19 bits per heavy atom. The van der Waals surface area contributed by atoms with Gasteiger partial charge in [-0.1, -0.05) is 12.1 Å². The van der Waals surface area contributed by atoms with Gasteiger partial charge in [0, 0.05) is 45.7 Å². The molecule has 1 aromatic carbocycles. The molecule has 0 aromatic heterocycles. The molecule has 0 bridgehead atoms. The Hall–Kier alpha value is -1.01. The van der Waals surface area contributed by atoms with Crippen molar-refractivity contribution in [1.29, 1.82) is 0 Å². The molecular weight excluding hydrogens is 313 g/mol. The lowest BCUT2D eigenvalue weighted by molar-refractivity contribution is -0.132. The van der Waals surface area contributed by atoms with Gasteiger partial charge in [-0.05, 0) is 17.7 Å². The fourth-order valence-electron chi connectivity index (χ4n) is 2.35. The van der Waals surface area contributed by atoms with Gasteiger partial charge in [0.1, 0.15) is 5.75 Å². The summed E-state index contributed by atoms with van der Waals surface area (Å²) in [6, 6.07) is 7.32. The maximum Gasteiger partial charge on any atom is 0.223 e. The summed E-state index contributed by atoms with van der Waals surface area (Å²) in [6.07, 6.45) is 0.437. The molecule has 1 heterocycles. The van der Waals surface area contributed by atoms with Gasteiger partial charge in [-0.2, -0.15) is 0 Å². The highest BCUT2D eigenvalue weighted by atomic mass is 35.5. The highest BCUT2D eigenvalue weighted by molar-refractivity contribution is 5.85. The number of phenolic OH excluding ortho intramolecular Hbond substituents is 1. The lowest BCUT2D eigenvalue weighted by Crippen LogP contribution is -2.48. The number of hydrogen-bond acceptors (Lipinski definition) is 4. The Morgan fingerprint density at radius 2 is 1.86 bits per heavy atom. The van der Waals surface area contributed by atoms with Crippen LogP contribution in [0, 0.1) is 0 Å². The molecule has 1 aromatic rings. The lowest BCUT2D eigenvalue weighted by Gasteiger charge is -2.34. The molecule has 1 aliphatic heterocycles. The number of hydrogen-bond donors (Lipinski definition) is 2. The monoisotopic (exact) mass is 335 g/mol. The highest BCUT2D eigenvalue weighted by Crippen LogP contribution is 2.14. The van der Waals surface area contributed by atoms with Crippen molar-refractivity contribution in [2.75, 3.05) is 32.7 Å². The third kappa shape index (κ3) is 6.09. The van der Waals surface area contributed by atoms with Crippen LogP contribution in [0.4, 0.5) is 0 Å². The Morgan fingerprint density at radius 3 is 2.43 bits per heavy atom. The molecule has 1 saturated heterocycles. The van der Waals surface area contributed by atoms with Gasteiger partial charge in [-0.15, -0.1) is 24.8 Å². The Kier molecular flexibility index (Phi) is 9.37. The van der Waals surface area contributed by atoms with Crippen LogP contribution in [0.2, 0.25) is 0 Å². The number of benzene rings is 1. The van der Waals surface area contributed by atoms with Crippen LogP contribution in [0.1, 0.15) is 12.0 Å². The summed E-state index contributed by atoms with van der Waals surface area (Å²) in [5, 5.41) is 9.43. The second-order valence-electron chi connectivity index (χ2n) is 4.87. The standard InChI is InChI=1S/C14H21N3O2.2ClH/c15-5-4-14(19)17-8-6-16(7-9-17)11-12-2-1-3-13(18)10-12;;/h1-3,10,18H,4-9,11,15H2;2*1H. The number of carbonyl (C=O) groups excluding carboxylic acids is 1. The maximum absolute atomic E-state index is 11.7. The van der Waals surface area contributed by atoms with Crippen LogP contribution in [0.25, 0.3) is 0 Å². The van der Waals surface area contributed by atoms with Crippen molar-refractivity contribution in [2.45, 2.75) is 13.0 Å². The van der Waals surface area contributed by atoms with E-state index in [-0.39, 0.29) is 30.7 Å². The van der Waals surface area contributed by atoms with E-state index in [4.69, 9.17) is 5.73 Å². The molecule has 7 heteroatoms. The minimum atomic E-state index is 0.